The van der Waals surface area contributed by atoms with Crippen molar-refractivity contribution in [2.75, 3.05) is 6.61 Å². The summed E-state index contributed by atoms with van der Waals surface area (Å²) in [6.07, 6.45) is 13.5. The highest BCUT2D eigenvalue weighted by Crippen LogP contribution is 2.47. The molecule has 0 aliphatic heterocycles. The lowest BCUT2D eigenvalue weighted by Gasteiger charge is -2.41. The number of ether oxygens (including phenoxy) is 1. The van der Waals surface area contributed by atoms with Crippen molar-refractivity contribution >= 4 is 0 Å². The smallest absolute Gasteiger partial charge is 0.139 e. The molecule has 0 bridgehead atoms. The second-order valence-corrected chi connectivity index (χ2v) is 9.23. The molecule has 2 heteroatoms. The van der Waals surface area contributed by atoms with Crippen LogP contribution in [0.15, 0.2) is 67.3 Å². The van der Waals surface area contributed by atoms with Gasteiger partial charge < -0.3 is 4.74 Å². The molecular weight excluding hydrogens is 395 g/mol. The number of hydrogen-bond acceptors (Lipinski definition) is 1. The van der Waals surface area contributed by atoms with E-state index in [-0.39, 0.29) is 5.82 Å². The maximum atomic E-state index is 14.8. The second-order valence-electron chi connectivity index (χ2n) is 9.23. The van der Waals surface area contributed by atoms with E-state index in [0.29, 0.717) is 24.0 Å². The molecule has 2 fully saturated rings. The van der Waals surface area contributed by atoms with Crippen LogP contribution in [0.25, 0.3) is 0 Å². The molecule has 0 heterocycles. The van der Waals surface area contributed by atoms with Gasteiger partial charge in [0.1, 0.15) is 18.2 Å². The van der Waals surface area contributed by atoms with E-state index in [1.54, 1.807) is 6.07 Å². The minimum Gasteiger partial charge on any atom is -0.490 e. The Morgan fingerprint density at radius 2 is 1.78 bits per heavy atom. The molecule has 2 aromatic carbocycles. The van der Waals surface area contributed by atoms with Crippen molar-refractivity contribution in [3.05, 3.63) is 89.8 Å². The first-order valence-corrected chi connectivity index (χ1v) is 11.9. The Balaban J connectivity index is 1.39. The molecule has 1 nitrogen and oxygen atoms in total. The summed E-state index contributed by atoms with van der Waals surface area (Å²) in [6.45, 7) is 6.51. The highest BCUT2D eigenvalue weighted by atomic mass is 19.1. The summed E-state index contributed by atoms with van der Waals surface area (Å²) in [6, 6.07) is 13.3. The zero-order valence-corrected chi connectivity index (χ0v) is 19.0. The van der Waals surface area contributed by atoms with Crippen LogP contribution in [0.2, 0.25) is 0 Å². The highest BCUT2D eigenvalue weighted by Gasteiger charge is 2.35. The third kappa shape index (κ3) is 5.52. The molecule has 166 valence electrons. The Morgan fingerprint density at radius 3 is 2.53 bits per heavy atom. The average Bonchev–Trinajstić information content (AvgIpc) is 2.83. The first kappa shape index (κ1) is 22.4. The molecule has 2 aliphatic carbocycles. The average molecular weight is 429 g/mol. The van der Waals surface area contributed by atoms with Crippen molar-refractivity contribution in [1.29, 1.82) is 0 Å². The molecule has 4 unspecified atom stereocenters. The largest absolute Gasteiger partial charge is 0.490 e. The molecule has 0 saturated heterocycles. The fourth-order valence-corrected chi connectivity index (χ4v) is 5.34. The lowest BCUT2D eigenvalue weighted by atomic mass is 9.64. The van der Waals surface area contributed by atoms with Crippen LogP contribution in [0.3, 0.4) is 0 Å². The SMILES string of the molecule is C=CC1CCC2CC(c3ccc(C#Cc4ccc(OC/C=C/C)cc4)c(F)c3)CCC2C1. The van der Waals surface area contributed by atoms with Crippen molar-refractivity contribution in [2.45, 2.75) is 51.4 Å². The summed E-state index contributed by atoms with van der Waals surface area (Å²) in [5, 5.41) is 0. The molecule has 0 amide bonds. The van der Waals surface area contributed by atoms with Crippen molar-refractivity contribution in [2.24, 2.45) is 17.8 Å². The van der Waals surface area contributed by atoms with E-state index in [4.69, 9.17) is 4.74 Å². The number of fused-ring (bicyclic) bond motifs is 1. The van der Waals surface area contributed by atoms with E-state index >= 15 is 0 Å². The summed E-state index contributed by atoms with van der Waals surface area (Å²) < 4.78 is 20.4. The molecule has 0 radical (unpaired) electrons. The molecule has 0 N–H and O–H groups in total. The van der Waals surface area contributed by atoms with Crippen LogP contribution in [-0.2, 0) is 0 Å². The standard InChI is InChI=1S/C30H33FO/c1-3-5-18-32-29-16-8-23(9-17-29)7-10-24-12-13-28(21-30(24)31)27-15-14-25-19-22(4-2)6-11-26(25)20-27/h3-5,8-9,12-13,16-17,21-22,25-27H,2,6,11,14-15,18-20H2,1H3/b5-3+. The van der Waals surface area contributed by atoms with Gasteiger partial charge in [0.25, 0.3) is 0 Å². The minimum atomic E-state index is -0.209. The van der Waals surface area contributed by atoms with Gasteiger partial charge in [0, 0.05) is 5.56 Å². The molecule has 0 spiro atoms. The second kappa shape index (κ2) is 10.7. The molecule has 4 atom stereocenters. The molecule has 0 aromatic heterocycles. The van der Waals surface area contributed by atoms with Gasteiger partial charge in [0.15, 0.2) is 0 Å². The van der Waals surface area contributed by atoms with E-state index in [1.807, 2.05) is 49.4 Å². The van der Waals surface area contributed by atoms with Gasteiger partial charge in [-0.3, -0.25) is 0 Å². The fourth-order valence-electron chi connectivity index (χ4n) is 5.34. The highest BCUT2D eigenvalue weighted by molar-refractivity contribution is 5.45. The molecule has 2 aliphatic rings. The van der Waals surface area contributed by atoms with Crippen molar-refractivity contribution in [3.63, 3.8) is 0 Å². The van der Waals surface area contributed by atoms with Gasteiger partial charge >= 0.3 is 0 Å². The van der Waals surface area contributed by atoms with Crippen LogP contribution in [0, 0.1) is 35.4 Å². The molecule has 2 saturated carbocycles. The third-order valence-corrected chi connectivity index (χ3v) is 7.23. The first-order valence-electron chi connectivity index (χ1n) is 11.9. The number of allylic oxidation sites excluding steroid dienone is 2. The summed E-state index contributed by atoms with van der Waals surface area (Å²) in [7, 11) is 0. The van der Waals surface area contributed by atoms with E-state index < -0.39 is 0 Å². The number of halogens is 1. The van der Waals surface area contributed by atoms with Crippen molar-refractivity contribution in [1.82, 2.24) is 0 Å². The molecule has 2 aromatic rings. The van der Waals surface area contributed by atoms with Crippen molar-refractivity contribution in [3.8, 4) is 17.6 Å². The Morgan fingerprint density at radius 1 is 1.00 bits per heavy atom. The van der Waals surface area contributed by atoms with Crippen LogP contribution in [0.5, 0.6) is 5.75 Å². The minimum absolute atomic E-state index is 0.209. The zero-order valence-electron chi connectivity index (χ0n) is 19.0. The Labute approximate surface area is 192 Å². The van der Waals surface area contributed by atoms with Crippen LogP contribution in [0.1, 0.15) is 68.1 Å². The Kier molecular flexibility index (Phi) is 7.48. The van der Waals surface area contributed by atoms with Gasteiger partial charge in [-0.25, -0.2) is 4.39 Å². The van der Waals surface area contributed by atoms with Gasteiger partial charge in [-0.05, 0) is 111 Å². The number of rotatable bonds is 5. The number of benzene rings is 2. The molecule has 4 rings (SSSR count). The Hall–Kier alpha value is -2.79. The number of hydrogen-bond donors (Lipinski definition) is 0. The maximum Gasteiger partial charge on any atom is 0.139 e. The van der Waals surface area contributed by atoms with Gasteiger partial charge in [-0.2, -0.15) is 0 Å². The topological polar surface area (TPSA) is 9.23 Å². The third-order valence-electron chi connectivity index (χ3n) is 7.23. The zero-order chi connectivity index (χ0) is 22.3. The van der Waals surface area contributed by atoms with Gasteiger partial charge in [0.2, 0.25) is 0 Å². The predicted molar refractivity (Wildman–Crippen MR) is 130 cm³/mol. The lowest BCUT2D eigenvalue weighted by molar-refractivity contribution is 0.133. The monoisotopic (exact) mass is 428 g/mol. The van der Waals surface area contributed by atoms with Gasteiger partial charge in [0.05, 0.1) is 5.56 Å². The van der Waals surface area contributed by atoms with Crippen LogP contribution < -0.4 is 4.74 Å². The fraction of sp³-hybridized carbons (Fsp3) is 0.400. The van der Waals surface area contributed by atoms with Crippen LogP contribution >= 0.6 is 0 Å². The predicted octanol–water partition coefficient (Wildman–Crippen LogP) is 7.67. The van der Waals surface area contributed by atoms with Gasteiger partial charge in [-0.1, -0.05) is 36.1 Å². The van der Waals surface area contributed by atoms with E-state index in [2.05, 4.69) is 30.6 Å². The van der Waals surface area contributed by atoms with Gasteiger partial charge in [-0.15, -0.1) is 6.58 Å². The normalized spacial score (nSPS) is 24.9. The molecular formula is C30H33FO. The van der Waals surface area contributed by atoms with E-state index in [9.17, 15) is 4.39 Å². The summed E-state index contributed by atoms with van der Waals surface area (Å²) in [5.74, 6) is 9.46. The summed E-state index contributed by atoms with van der Waals surface area (Å²) in [5.41, 5.74) is 2.45. The maximum absolute atomic E-state index is 14.8. The van der Waals surface area contributed by atoms with Crippen LogP contribution in [-0.4, -0.2) is 6.61 Å². The van der Waals surface area contributed by atoms with E-state index in [0.717, 1.165) is 35.1 Å². The summed E-state index contributed by atoms with van der Waals surface area (Å²) in [4.78, 5) is 0. The first-order chi connectivity index (χ1) is 15.7. The van der Waals surface area contributed by atoms with Crippen LogP contribution in [0.4, 0.5) is 4.39 Å². The Bertz CT molecular complexity index is 1010. The quantitative estimate of drug-likeness (QED) is 0.351. The lowest BCUT2D eigenvalue weighted by Crippen LogP contribution is -2.30. The van der Waals surface area contributed by atoms with Crippen molar-refractivity contribution < 1.29 is 9.13 Å². The molecule has 32 heavy (non-hydrogen) atoms. The van der Waals surface area contributed by atoms with E-state index in [1.165, 1.54) is 32.1 Å². The summed E-state index contributed by atoms with van der Waals surface area (Å²) >= 11 is 0.